The van der Waals surface area contributed by atoms with Crippen LogP contribution in [0.25, 0.3) is 38.4 Å². The van der Waals surface area contributed by atoms with Crippen LogP contribution in [0.3, 0.4) is 0 Å². The Morgan fingerprint density at radius 2 is 1.63 bits per heavy atom. The summed E-state index contributed by atoms with van der Waals surface area (Å²) in [5, 5.41) is 3.95. The minimum absolute atomic E-state index is 0.0322. The largest absolute Gasteiger partial charge is 0.287 e. The first-order valence-corrected chi connectivity index (χ1v) is 17.2. The third-order valence-corrected chi connectivity index (χ3v) is 11.5. The summed E-state index contributed by atoms with van der Waals surface area (Å²) in [5.41, 5.74) is 9.25. The molecule has 0 fully saturated rings. The van der Waals surface area contributed by atoms with Gasteiger partial charge in [0.1, 0.15) is 11.7 Å². The molecule has 0 N–H and O–H groups in total. The van der Waals surface area contributed by atoms with Crippen molar-refractivity contribution in [2.75, 3.05) is 0 Å². The molecule has 1 aliphatic rings. The lowest BCUT2D eigenvalue weighted by Crippen LogP contribution is -2.67. The summed E-state index contributed by atoms with van der Waals surface area (Å²) < 4.78 is 5.39. The van der Waals surface area contributed by atoms with Crippen molar-refractivity contribution in [3.05, 3.63) is 65.5 Å². The molecule has 0 radical (unpaired) electrons. The van der Waals surface area contributed by atoms with Crippen LogP contribution in [0.15, 0.2) is 48.7 Å². The fourth-order valence-corrected chi connectivity index (χ4v) is 8.79. The molecule has 0 saturated heterocycles. The van der Waals surface area contributed by atoms with Crippen LogP contribution in [0.5, 0.6) is 0 Å². The Morgan fingerprint density at radius 1 is 0.884 bits per heavy atom. The summed E-state index contributed by atoms with van der Waals surface area (Å²) >= 11 is 0. The average Bonchev–Trinajstić information content (AvgIpc) is 3.33. The van der Waals surface area contributed by atoms with Gasteiger partial charge in [-0.25, -0.2) is 9.55 Å². The van der Waals surface area contributed by atoms with Crippen LogP contribution < -0.4 is 4.57 Å². The highest BCUT2D eigenvalue weighted by atomic mass is 15.2. The number of nitrogens with zero attached hydrogens (tertiary/aromatic N) is 3. The molecule has 3 nitrogen and oxygen atoms in total. The number of pyridine rings is 2. The second kappa shape index (κ2) is 10.3. The van der Waals surface area contributed by atoms with Crippen molar-refractivity contribution in [3.63, 3.8) is 0 Å². The summed E-state index contributed by atoms with van der Waals surface area (Å²) in [6.45, 7) is 24.0. The molecule has 6 rings (SSSR count). The SMILES string of the molecule is CCCCCC(C)(C)c1ccc2n(c1)c1c(C(C)(C)C)nc3c4ccccc4cc4c3c1[n+]2C(CC)(CCC)C4(C)CC. The number of imidazole rings is 1. The molecule has 1 aliphatic heterocycles. The first kappa shape index (κ1) is 30.1. The highest BCUT2D eigenvalue weighted by molar-refractivity contribution is 6.16. The van der Waals surface area contributed by atoms with E-state index in [1.165, 1.54) is 80.9 Å². The average molecular weight is 577 g/mol. The zero-order valence-electron chi connectivity index (χ0n) is 28.6. The van der Waals surface area contributed by atoms with E-state index in [0.717, 1.165) is 25.7 Å². The highest BCUT2D eigenvalue weighted by Gasteiger charge is 2.57. The number of hydrogen-bond acceptors (Lipinski definition) is 1. The van der Waals surface area contributed by atoms with Crippen LogP contribution in [0.1, 0.15) is 137 Å². The van der Waals surface area contributed by atoms with Gasteiger partial charge in [-0.2, -0.15) is 4.40 Å². The van der Waals surface area contributed by atoms with Gasteiger partial charge in [-0.3, -0.25) is 0 Å². The lowest BCUT2D eigenvalue weighted by molar-refractivity contribution is -0.734. The van der Waals surface area contributed by atoms with Gasteiger partial charge >= 0.3 is 0 Å². The number of aromatic nitrogens is 3. The van der Waals surface area contributed by atoms with Crippen molar-refractivity contribution < 1.29 is 4.57 Å². The van der Waals surface area contributed by atoms with Crippen molar-refractivity contribution in [2.24, 2.45) is 0 Å². The smallest absolute Gasteiger partial charge is 0.247 e. The van der Waals surface area contributed by atoms with Crippen LogP contribution in [0.2, 0.25) is 0 Å². The summed E-state index contributed by atoms with van der Waals surface area (Å²) in [4.78, 5) is 5.70. The van der Waals surface area contributed by atoms with E-state index in [2.05, 4.69) is 127 Å². The van der Waals surface area contributed by atoms with E-state index in [1.54, 1.807) is 0 Å². The fourth-order valence-electron chi connectivity index (χ4n) is 8.79. The Labute approximate surface area is 259 Å². The van der Waals surface area contributed by atoms with Gasteiger partial charge in [0.25, 0.3) is 5.65 Å². The van der Waals surface area contributed by atoms with Gasteiger partial charge < -0.3 is 0 Å². The van der Waals surface area contributed by atoms with Crippen LogP contribution >= 0.6 is 0 Å². The molecule has 0 saturated carbocycles. The van der Waals surface area contributed by atoms with Gasteiger partial charge in [-0.15, -0.1) is 0 Å². The highest BCUT2D eigenvalue weighted by Crippen LogP contribution is 2.54. The zero-order valence-corrected chi connectivity index (χ0v) is 28.6. The molecule has 3 heteroatoms. The van der Waals surface area contributed by atoms with E-state index in [-0.39, 0.29) is 21.8 Å². The van der Waals surface area contributed by atoms with E-state index in [9.17, 15) is 0 Å². The van der Waals surface area contributed by atoms with Gasteiger partial charge in [0.2, 0.25) is 5.52 Å². The minimum atomic E-state index is -0.116. The number of fused-ring (bicyclic) bond motifs is 5. The van der Waals surface area contributed by atoms with Gasteiger partial charge in [-0.05, 0) is 59.7 Å². The van der Waals surface area contributed by atoms with Crippen LogP contribution in [0, 0.1) is 0 Å². The number of rotatable bonds is 9. The van der Waals surface area contributed by atoms with Gasteiger partial charge in [-0.1, -0.05) is 119 Å². The molecule has 4 heterocycles. The van der Waals surface area contributed by atoms with Crippen LogP contribution in [0.4, 0.5) is 0 Å². The van der Waals surface area contributed by atoms with Gasteiger partial charge in [0.15, 0.2) is 5.52 Å². The Balaban J connectivity index is 1.88. The first-order chi connectivity index (χ1) is 20.4. The summed E-state index contributed by atoms with van der Waals surface area (Å²) in [5.74, 6) is 0. The van der Waals surface area contributed by atoms with E-state index in [4.69, 9.17) is 4.98 Å². The Morgan fingerprint density at radius 3 is 2.28 bits per heavy atom. The maximum absolute atomic E-state index is 5.70. The maximum Gasteiger partial charge on any atom is 0.287 e. The Kier molecular flexibility index (Phi) is 7.22. The number of benzene rings is 2. The molecule has 3 aromatic heterocycles. The second-order valence-corrected chi connectivity index (χ2v) is 15.4. The fraction of sp³-hybridized carbons (Fsp3) is 0.550. The van der Waals surface area contributed by atoms with E-state index in [0.29, 0.717) is 0 Å². The molecular weight excluding hydrogens is 522 g/mol. The Bertz CT molecular complexity index is 1850. The predicted octanol–water partition coefficient (Wildman–Crippen LogP) is 10.8. The molecule has 2 unspecified atom stereocenters. The van der Waals surface area contributed by atoms with Crippen molar-refractivity contribution in [1.29, 1.82) is 0 Å². The van der Waals surface area contributed by atoms with E-state index in [1.807, 2.05) is 0 Å². The summed E-state index contributed by atoms with van der Waals surface area (Å²) in [7, 11) is 0. The molecule has 0 aliphatic carbocycles. The molecule has 0 amide bonds. The third kappa shape index (κ3) is 4.12. The molecule has 5 aromatic rings. The molecule has 2 atom stereocenters. The normalized spacial score (nSPS) is 20.8. The first-order valence-electron chi connectivity index (χ1n) is 17.2. The monoisotopic (exact) mass is 576 g/mol. The molecule has 0 spiro atoms. The number of hydrogen-bond donors (Lipinski definition) is 0. The standard InChI is InChI=1S/C40H54N3/c1-11-15-18-24-38(8,9)28-21-22-31-42(26-28)35-34-32-30(39(10,13-3)40(14-4,23-12-2)43(31)34)25-27-19-16-17-20-29(27)33(32)41-36(35)37(5,6)7/h16-17,19-22,25-26H,11-15,18,23-24H2,1-10H3/q+1. The summed E-state index contributed by atoms with van der Waals surface area (Å²) in [6, 6.07) is 16.4. The quantitative estimate of drug-likeness (QED) is 0.0971. The zero-order chi connectivity index (χ0) is 30.9. The predicted molar refractivity (Wildman–Crippen MR) is 185 cm³/mol. The molecule has 0 bridgehead atoms. The van der Waals surface area contributed by atoms with Crippen molar-refractivity contribution in [2.45, 2.75) is 142 Å². The van der Waals surface area contributed by atoms with E-state index < -0.39 is 0 Å². The maximum atomic E-state index is 5.70. The minimum Gasteiger partial charge on any atom is -0.247 e. The van der Waals surface area contributed by atoms with Crippen LogP contribution in [-0.4, -0.2) is 9.38 Å². The summed E-state index contributed by atoms with van der Waals surface area (Å²) in [6.07, 6.45) is 12.0. The third-order valence-electron chi connectivity index (χ3n) is 11.5. The van der Waals surface area contributed by atoms with Crippen molar-refractivity contribution >= 4 is 38.4 Å². The second-order valence-electron chi connectivity index (χ2n) is 15.4. The van der Waals surface area contributed by atoms with Crippen molar-refractivity contribution in [3.8, 4) is 0 Å². The lowest BCUT2D eigenvalue weighted by atomic mass is 9.59. The van der Waals surface area contributed by atoms with Gasteiger partial charge in [0.05, 0.1) is 16.6 Å². The topological polar surface area (TPSA) is 21.2 Å². The molecule has 43 heavy (non-hydrogen) atoms. The number of unbranched alkanes of at least 4 members (excludes halogenated alkanes) is 2. The van der Waals surface area contributed by atoms with Crippen LogP contribution in [-0.2, 0) is 21.8 Å². The van der Waals surface area contributed by atoms with E-state index >= 15 is 0 Å². The lowest BCUT2D eigenvalue weighted by Gasteiger charge is -2.49. The van der Waals surface area contributed by atoms with Crippen molar-refractivity contribution in [1.82, 2.24) is 9.38 Å². The molecule has 228 valence electrons. The Hall–Kier alpha value is -2.94. The molecule has 2 aromatic carbocycles. The molecular formula is C40H54N3+. The van der Waals surface area contributed by atoms with Gasteiger partial charge in [0, 0.05) is 22.3 Å².